The normalized spacial score (nSPS) is 13.4. The van der Waals surface area contributed by atoms with Crippen LogP contribution in [0.2, 0.25) is 0 Å². The summed E-state index contributed by atoms with van der Waals surface area (Å²) in [7, 11) is 1.27. The van der Waals surface area contributed by atoms with E-state index >= 15 is 0 Å². The Morgan fingerprint density at radius 3 is 2.60 bits per heavy atom. The fourth-order valence-electron chi connectivity index (χ4n) is 5.71. The van der Waals surface area contributed by atoms with Crippen LogP contribution in [0.5, 0.6) is 5.75 Å². The molecule has 47 heavy (non-hydrogen) atoms. The SMILES string of the molecule is CCc1cc(Nc2nccn3c(-c4ccc(OC)c(F)c4F)cnc23)ccc1C(=O)NC1CCN(C(=O)CCCCN=C(N)N)CC1. The van der Waals surface area contributed by atoms with Crippen molar-refractivity contribution in [2.75, 3.05) is 32.1 Å². The summed E-state index contributed by atoms with van der Waals surface area (Å²) in [5.41, 5.74) is 13.5. The minimum atomic E-state index is -1.08. The smallest absolute Gasteiger partial charge is 0.251 e. The number of aromatic nitrogens is 3. The first-order valence-electron chi connectivity index (χ1n) is 15.6. The number of likely N-dealkylation sites (tertiary alicyclic amines) is 1. The van der Waals surface area contributed by atoms with Gasteiger partial charge in [0.25, 0.3) is 5.91 Å². The van der Waals surface area contributed by atoms with Gasteiger partial charge in [0.15, 0.2) is 29.0 Å². The molecule has 14 heteroatoms. The first-order chi connectivity index (χ1) is 22.7. The Labute approximate surface area is 271 Å². The summed E-state index contributed by atoms with van der Waals surface area (Å²) >= 11 is 0. The van der Waals surface area contributed by atoms with Gasteiger partial charge < -0.3 is 31.7 Å². The van der Waals surface area contributed by atoms with E-state index in [1.807, 2.05) is 17.9 Å². The highest BCUT2D eigenvalue weighted by molar-refractivity contribution is 5.96. The van der Waals surface area contributed by atoms with Crippen molar-refractivity contribution in [2.24, 2.45) is 16.5 Å². The molecule has 0 saturated carbocycles. The Kier molecular flexibility index (Phi) is 10.5. The number of nitrogens with two attached hydrogens (primary N) is 2. The molecule has 0 aliphatic carbocycles. The number of piperidine rings is 1. The van der Waals surface area contributed by atoms with Gasteiger partial charge in [0.1, 0.15) is 0 Å². The number of imidazole rings is 1. The molecule has 1 saturated heterocycles. The Bertz CT molecular complexity index is 1780. The van der Waals surface area contributed by atoms with E-state index in [4.69, 9.17) is 16.2 Å². The number of hydrogen-bond donors (Lipinski definition) is 4. The van der Waals surface area contributed by atoms with Crippen molar-refractivity contribution in [1.29, 1.82) is 0 Å². The first kappa shape index (κ1) is 33.1. The highest BCUT2D eigenvalue weighted by Crippen LogP contribution is 2.32. The number of nitrogens with zero attached hydrogens (tertiary/aromatic N) is 5. The average Bonchev–Trinajstić information content (AvgIpc) is 3.50. The summed E-state index contributed by atoms with van der Waals surface area (Å²) in [6.45, 7) is 3.67. The van der Waals surface area contributed by atoms with Gasteiger partial charge in [-0.3, -0.25) is 19.0 Å². The van der Waals surface area contributed by atoms with Crippen LogP contribution in [0.15, 0.2) is 53.9 Å². The first-order valence-corrected chi connectivity index (χ1v) is 15.6. The molecule has 4 aromatic rings. The van der Waals surface area contributed by atoms with E-state index in [9.17, 15) is 18.4 Å². The van der Waals surface area contributed by atoms with E-state index in [0.717, 1.165) is 18.4 Å². The molecule has 0 spiro atoms. The molecule has 1 aliphatic heterocycles. The van der Waals surface area contributed by atoms with Crippen molar-refractivity contribution >= 4 is 34.9 Å². The maximum atomic E-state index is 14.9. The lowest BCUT2D eigenvalue weighted by Gasteiger charge is -2.32. The van der Waals surface area contributed by atoms with Gasteiger partial charge in [-0.2, -0.15) is 4.39 Å². The number of unbranched alkanes of at least 4 members (excludes halogenated alkanes) is 1. The second-order valence-electron chi connectivity index (χ2n) is 11.3. The molecule has 3 heterocycles. The number of ether oxygens (including phenoxy) is 1. The highest BCUT2D eigenvalue weighted by Gasteiger charge is 2.25. The number of anilines is 2. The zero-order valence-electron chi connectivity index (χ0n) is 26.4. The molecular weight excluding hydrogens is 608 g/mol. The maximum Gasteiger partial charge on any atom is 0.251 e. The Morgan fingerprint density at radius 1 is 1.09 bits per heavy atom. The van der Waals surface area contributed by atoms with Crippen molar-refractivity contribution in [3.63, 3.8) is 0 Å². The quantitative estimate of drug-likeness (QED) is 0.101. The molecule has 1 aliphatic rings. The number of halogens is 2. The summed E-state index contributed by atoms with van der Waals surface area (Å²) in [5, 5.41) is 6.39. The van der Waals surface area contributed by atoms with Crippen molar-refractivity contribution in [3.05, 3.63) is 71.7 Å². The predicted octanol–water partition coefficient (Wildman–Crippen LogP) is 4.15. The number of fused-ring (bicyclic) bond motifs is 1. The molecule has 2 amide bonds. The van der Waals surface area contributed by atoms with Gasteiger partial charge in [0.2, 0.25) is 11.7 Å². The van der Waals surface area contributed by atoms with Crippen LogP contribution in [0.4, 0.5) is 20.3 Å². The zero-order valence-corrected chi connectivity index (χ0v) is 26.4. The molecule has 248 valence electrons. The minimum absolute atomic E-state index is 0.0311. The summed E-state index contributed by atoms with van der Waals surface area (Å²) in [4.78, 5) is 40.5. The molecule has 0 unspecified atom stereocenters. The summed E-state index contributed by atoms with van der Waals surface area (Å²) in [6.07, 6.45) is 8.50. The molecule has 6 N–H and O–H groups in total. The van der Waals surface area contributed by atoms with Gasteiger partial charge in [0.05, 0.1) is 19.0 Å². The Hall–Kier alpha value is -5.27. The van der Waals surface area contributed by atoms with Crippen molar-refractivity contribution in [3.8, 4) is 17.0 Å². The molecule has 12 nitrogen and oxygen atoms in total. The van der Waals surface area contributed by atoms with Gasteiger partial charge >= 0.3 is 0 Å². The molecule has 5 rings (SSSR count). The molecular formula is C33H39F2N9O3. The summed E-state index contributed by atoms with van der Waals surface area (Å²) in [6, 6.07) is 8.22. The lowest BCUT2D eigenvalue weighted by Crippen LogP contribution is -2.46. The molecule has 0 atom stereocenters. The number of methoxy groups -OCH3 is 1. The Morgan fingerprint density at radius 2 is 1.87 bits per heavy atom. The summed E-state index contributed by atoms with van der Waals surface area (Å²) < 4.78 is 35.8. The van der Waals surface area contributed by atoms with E-state index < -0.39 is 11.6 Å². The number of carbonyl (C=O) groups is 2. The van der Waals surface area contributed by atoms with Crippen molar-refractivity contribution in [2.45, 2.75) is 51.5 Å². The molecule has 1 fully saturated rings. The number of carbonyl (C=O) groups excluding carboxylic acids is 2. The third kappa shape index (κ3) is 7.59. The van der Waals surface area contributed by atoms with E-state index in [1.165, 1.54) is 31.6 Å². The van der Waals surface area contributed by atoms with Gasteiger partial charge in [-0.1, -0.05) is 6.92 Å². The third-order valence-corrected chi connectivity index (χ3v) is 8.24. The number of benzene rings is 2. The van der Waals surface area contributed by atoms with Gasteiger partial charge in [-0.05, 0) is 68.0 Å². The van der Waals surface area contributed by atoms with E-state index in [-0.39, 0.29) is 35.1 Å². The van der Waals surface area contributed by atoms with Crippen LogP contribution in [-0.2, 0) is 11.2 Å². The van der Waals surface area contributed by atoms with Crippen LogP contribution < -0.4 is 26.8 Å². The predicted molar refractivity (Wildman–Crippen MR) is 176 cm³/mol. The van der Waals surface area contributed by atoms with Crippen LogP contribution in [0, 0.1) is 11.6 Å². The monoisotopic (exact) mass is 647 g/mol. The van der Waals surface area contributed by atoms with Crippen molar-refractivity contribution < 1.29 is 23.1 Å². The average molecular weight is 648 g/mol. The molecule has 0 bridgehead atoms. The van der Waals surface area contributed by atoms with E-state index in [1.54, 1.807) is 22.7 Å². The summed E-state index contributed by atoms with van der Waals surface area (Å²) in [5.74, 6) is -1.89. The maximum absolute atomic E-state index is 14.9. The lowest BCUT2D eigenvalue weighted by molar-refractivity contribution is -0.132. The van der Waals surface area contributed by atoms with Crippen LogP contribution in [-0.4, -0.2) is 69.8 Å². The van der Waals surface area contributed by atoms with Crippen LogP contribution >= 0.6 is 0 Å². The zero-order chi connectivity index (χ0) is 33.5. The van der Waals surface area contributed by atoms with Gasteiger partial charge in [-0.15, -0.1) is 0 Å². The highest BCUT2D eigenvalue weighted by atomic mass is 19.2. The van der Waals surface area contributed by atoms with Crippen LogP contribution in [0.25, 0.3) is 16.9 Å². The fourth-order valence-corrected chi connectivity index (χ4v) is 5.71. The second kappa shape index (κ2) is 14.9. The third-order valence-electron chi connectivity index (χ3n) is 8.24. The van der Waals surface area contributed by atoms with Crippen LogP contribution in [0.1, 0.15) is 54.9 Å². The number of guanidine groups is 1. The van der Waals surface area contributed by atoms with Gasteiger partial charge in [0, 0.05) is 61.3 Å². The molecule has 2 aromatic heterocycles. The largest absolute Gasteiger partial charge is 0.494 e. The van der Waals surface area contributed by atoms with Crippen LogP contribution in [0.3, 0.4) is 0 Å². The van der Waals surface area contributed by atoms with Gasteiger partial charge in [-0.25, -0.2) is 14.4 Å². The molecule has 0 radical (unpaired) electrons. The standard InChI is InChI=1S/C33H39F2N9O3/c1-3-20-18-22(41-30-31-40-19-25(44(31)17-14-38-30)24-9-10-26(47-2)29(35)28(24)34)7-8-23(20)32(46)42-21-11-15-43(16-12-21)27(45)6-4-5-13-39-33(36)37/h7-10,14,17-19,21H,3-6,11-13,15-16H2,1-2H3,(H,38,41)(H,42,46)(H4,36,37,39). The lowest BCUT2D eigenvalue weighted by atomic mass is 10.0. The topological polar surface area (TPSA) is 165 Å². The molecule has 2 aromatic carbocycles. The van der Waals surface area contributed by atoms with Crippen molar-refractivity contribution in [1.82, 2.24) is 24.6 Å². The second-order valence-corrected chi connectivity index (χ2v) is 11.3. The number of amides is 2. The minimum Gasteiger partial charge on any atom is -0.494 e. The van der Waals surface area contributed by atoms with E-state index in [2.05, 4.69) is 25.6 Å². The number of aryl methyl sites for hydroxylation is 1. The fraction of sp³-hybridized carbons (Fsp3) is 0.364. The number of aliphatic imine (C=N–C) groups is 1. The number of hydrogen-bond acceptors (Lipinski definition) is 7. The van der Waals surface area contributed by atoms with E-state index in [0.29, 0.717) is 73.7 Å². The number of rotatable bonds is 12. The number of nitrogens with one attached hydrogen (secondary N) is 2. The Balaban J connectivity index is 1.21.